The molecule has 0 bridgehead atoms. The van der Waals surface area contributed by atoms with E-state index in [0.29, 0.717) is 5.95 Å². The molecule has 5 rings (SSSR count). The Morgan fingerprint density at radius 1 is 0.745 bits per heavy atom. The molecule has 0 unspecified atom stereocenters. The van der Waals surface area contributed by atoms with E-state index in [0.717, 1.165) is 17.1 Å². The summed E-state index contributed by atoms with van der Waals surface area (Å²) in [4.78, 5) is 5.27. The molecule has 5 nitrogen and oxygen atoms in total. The average Bonchev–Trinajstić information content (AvgIpc) is 3.54. The Labute approximate surface area is 289 Å². The molecule has 252 valence electrons. The van der Waals surface area contributed by atoms with Crippen LogP contribution in [0.2, 0.25) is 0 Å². The summed E-state index contributed by atoms with van der Waals surface area (Å²) in [6.07, 6.45) is 5.66. The van der Waals surface area contributed by atoms with Crippen LogP contribution < -0.4 is 15.9 Å². The minimum atomic E-state index is -10.7. The Hall–Kier alpha value is -2.87. The molecule has 1 heterocycles. The molecule has 0 saturated heterocycles. The minimum absolute atomic E-state index is 0.446. The number of hydrogen-bond acceptors (Lipinski definition) is 4. The van der Waals surface area contributed by atoms with Crippen LogP contribution in [0.1, 0.15) is 6.92 Å². The summed E-state index contributed by atoms with van der Waals surface area (Å²) in [5.41, 5.74) is 0.880. The maximum Gasteiger partial charge on any atom is -0.0134 e. The van der Waals surface area contributed by atoms with E-state index in [9.17, 15) is 25.2 Å². The van der Waals surface area contributed by atoms with Crippen LogP contribution in [-0.4, -0.2) is 15.8 Å². The van der Waals surface area contributed by atoms with E-state index >= 15 is 0 Å². The quantitative estimate of drug-likeness (QED) is 0.0312. The van der Waals surface area contributed by atoms with Gasteiger partial charge in [-0.1, -0.05) is 103 Å². The van der Waals surface area contributed by atoms with Gasteiger partial charge >= 0.3 is 71.3 Å². The molecule has 0 aliphatic rings. The Morgan fingerprint density at radius 3 is 1.51 bits per heavy atom. The number of azo groups is 1. The first-order chi connectivity index (χ1) is 22.2. The third kappa shape index (κ3) is 18.3. The summed E-state index contributed by atoms with van der Waals surface area (Å²) in [7, 11) is -6.53. The molecule has 5 aromatic rings. The van der Waals surface area contributed by atoms with Crippen molar-refractivity contribution in [1.82, 2.24) is 9.55 Å². The molecule has 0 saturated carbocycles. The molecule has 0 N–H and O–H groups in total. The van der Waals surface area contributed by atoms with Crippen LogP contribution in [0, 0.1) is 6.65 Å². The van der Waals surface area contributed by atoms with Crippen LogP contribution in [0.25, 0.3) is 0 Å². The number of halogens is 7. The molecular formula is C31H29ClF6N4OP2RuS. The molecule has 0 radical (unpaired) electrons. The monoisotopic (exact) mass is 818 g/mol. The molecule has 0 aliphatic heterocycles. The van der Waals surface area contributed by atoms with Crippen LogP contribution in [0.4, 0.5) is 36.8 Å². The van der Waals surface area contributed by atoms with Gasteiger partial charge in [-0.3, -0.25) is 0 Å². The molecule has 1 aromatic heterocycles. The van der Waals surface area contributed by atoms with Crippen molar-refractivity contribution >= 4 is 64.7 Å². The Morgan fingerprint density at radius 2 is 1.13 bits per heavy atom. The number of nitrogens with zero attached hydrogens (tertiary/aromatic N) is 4. The number of aryl methyl sites for hydroxylation is 1. The number of aromatic nitrogens is 2. The summed E-state index contributed by atoms with van der Waals surface area (Å²) in [5, 5.41) is 12.6. The van der Waals surface area contributed by atoms with Gasteiger partial charge in [-0.05, 0) is 49.1 Å². The van der Waals surface area contributed by atoms with Crippen molar-refractivity contribution in [2.75, 3.05) is 6.26 Å². The van der Waals surface area contributed by atoms with Crippen LogP contribution in [-0.2, 0) is 28.5 Å². The van der Waals surface area contributed by atoms with Gasteiger partial charge in [0, 0.05) is 23.8 Å². The van der Waals surface area contributed by atoms with Crippen LogP contribution in [0.15, 0.2) is 143 Å². The van der Waals surface area contributed by atoms with Crippen LogP contribution in [0.3, 0.4) is 0 Å². The number of benzene rings is 4. The zero-order chi connectivity index (χ0) is 35.4. The van der Waals surface area contributed by atoms with Crippen molar-refractivity contribution in [2.24, 2.45) is 10.2 Å². The zero-order valence-corrected chi connectivity index (χ0v) is 29.9. The van der Waals surface area contributed by atoms with Gasteiger partial charge in [0.25, 0.3) is 0 Å². The fourth-order valence-electron chi connectivity index (χ4n) is 3.64. The first kappa shape index (κ1) is 42.2. The van der Waals surface area contributed by atoms with Crippen molar-refractivity contribution in [2.45, 2.75) is 18.4 Å². The predicted molar refractivity (Wildman–Crippen MR) is 179 cm³/mol. The fourth-order valence-corrected chi connectivity index (χ4v) is 6.48. The van der Waals surface area contributed by atoms with E-state index in [2.05, 4.69) is 129 Å². The van der Waals surface area contributed by atoms with Crippen molar-refractivity contribution in [3.63, 3.8) is 0 Å². The summed E-state index contributed by atoms with van der Waals surface area (Å²) < 4.78 is 68.6. The summed E-state index contributed by atoms with van der Waals surface area (Å²) in [6, 6.07) is 40.3. The number of imidazole rings is 1. The van der Waals surface area contributed by atoms with Gasteiger partial charge in [0.15, 0.2) is 0 Å². The molecule has 16 heteroatoms. The first-order valence-corrected chi connectivity index (χ1v) is 20.0. The van der Waals surface area contributed by atoms with Gasteiger partial charge in [0.1, 0.15) is 0 Å². The molecular weight excluding hydrogens is 789 g/mol. The fraction of sp³-hybridized carbons (Fsp3) is 0.0968. The normalized spacial score (nSPS) is 11.9. The molecule has 47 heavy (non-hydrogen) atoms. The molecule has 0 fully saturated rings. The Bertz CT molecular complexity index is 1550. The van der Waals surface area contributed by atoms with Crippen molar-refractivity contribution in [1.29, 1.82) is 0 Å². The summed E-state index contributed by atoms with van der Waals surface area (Å²) >= 11 is 3.48. The molecule has 0 amide bonds. The van der Waals surface area contributed by atoms with E-state index in [1.807, 2.05) is 58.6 Å². The van der Waals surface area contributed by atoms with Crippen molar-refractivity contribution in [3.8, 4) is 0 Å². The van der Waals surface area contributed by atoms with Gasteiger partial charge < -0.3 is 4.57 Å². The van der Waals surface area contributed by atoms with E-state index < -0.39 is 15.7 Å². The Kier molecular flexibility index (Phi) is 17.8. The van der Waals surface area contributed by atoms with Gasteiger partial charge in [-0.15, -0.1) is 22.0 Å². The predicted octanol–water partition coefficient (Wildman–Crippen LogP) is 11.5. The van der Waals surface area contributed by atoms with E-state index in [1.165, 1.54) is 15.9 Å². The third-order valence-corrected chi connectivity index (χ3v) is 8.64. The second kappa shape index (κ2) is 19.8. The van der Waals surface area contributed by atoms with Crippen molar-refractivity contribution < 1.29 is 47.1 Å². The third-order valence-electron chi connectivity index (χ3n) is 5.41. The standard InChI is InChI=1S/C18H15P.C12H14N4S.CO.ClH.F6P.Ru/c1-4-10-16(11-5-1)19(17-12-6-2-7-13-17)18-14-8-3-9-15-18;1-3-16-9-8-13-12(16)15-14-10-6-4-5-7-11(10)17-2;1-2;;1-7(2,3,4,5)6;/h1-15H;4-9H,3H2,1-2H3;;1H;;/q;;;;-1;+2/p-1. The van der Waals surface area contributed by atoms with E-state index in [4.69, 9.17) is 4.65 Å². The first-order valence-electron chi connectivity index (χ1n) is 13.2. The topological polar surface area (TPSA) is 62.4 Å². The van der Waals surface area contributed by atoms with Gasteiger partial charge in [0.2, 0.25) is 5.95 Å². The maximum absolute atomic E-state index is 10.7. The minimum Gasteiger partial charge on any atom is -0.0622 e. The molecule has 4 aromatic carbocycles. The molecule has 0 atom stereocenters. The average molecular weight is 818 g/mol. The van der Waals surface area contributed by atoms with Crippen molar-refractivity contribution in [3.05, 3.63) is 134 Å². The number of rotatable bonds is 7. The number of thioether (sulfide) groups is 1. The summed E-state index contributed by atoms with van der Waals surface area (Å²) in [5.74, 6) is 0.642. The molecule has 0 aliphatic carbocycles. The SMILES string of the molecule is CCn1ccnc1N=Nc1ccccc1SC.F[P-](F)(F)(F)(F)F.[C-]#[O+].[Cl][Ru+].c1ccc(P(c2ccccc2)c2ccccc2)cc1. The van der Waals surface area contributed by atoms with E-state index in [-0.39, 0.29) is 0 Å². The second-order valence-electron chi connectivity index (χ2n) is 8.69. The second-order valence-corrected chi connectivity index (χ2v) is 13.7. The largest absolute Gasteiger partial charge is 0.0622 e. The van der Waals surface area contributed by atoms with Gasteiger partial charge in [0.05, 0.1) is 5.69 Å². The van der Waals surface area contributed by atoms with E-state index in [1.54, 1.807) is 18.0 Å². The van der Waals surface area contributed by atoms with Crippen LogP contribution >= 0.6 is 37.2 Å². The zero-order valence-electron chi connectivity index (χ0n) is 24.8. The Balaban J connectivity index is 0.000000363. The summed E-state index contributed by atoms with van der Waals surface area (Å²) in [6.45, 7) is 7.40. The van der Waals surface area contributed by atoms with Gasteiger partial charge in [-0.25, -0.2) is 4.98 Å². The smallest absolute Gasteiger partial charge is 0.0134 e. The number of hydrogen-bond donors (Lipinski definition) is 0. The molecule has 0 spiro atoms. The maximum atomic E-state index is 9.87. The van der Waals surface area contributed by atoms with Gasteiger partial charge in [-0.2, -0.15) is 0 Å². The van der Waals surface area contributed by atoms with Crippen LogP contribution in [0.5, 0.6) is 0 Å².